The molecule has 0 bridgehead atoms. The number of nitrogens with one attached hydrogen (secondary N) is 1. The molecule has 1 N–H and O–H groups in total. The first-order valence-corrected chi connectivity index (χ1v) is 10.9. The van der Waals surface area contributed by atoms with E-state index < -0.39 is 0 Å². The third kappa shape index (κ3) is 5.05. The molecule has 4 rings (SSSR count). The summed E-state index contributed by atoms with van der Waals surface area (Å²) in [5.41, 5.74) is 1.51. The summed E-state index contributed by atoms with van der Waals surface area (Å²) in [6.45, 7) is -0.258. The molecule has 1 aliphatic rings. The van der Waals surface area contributed by atoms with E-state index >= 15 is 0 Å². The molecular formula is C27H25NO8. The first kappa shape index (κ1) is 24.5. The van der Waals surface area contributed by atoms with Crippen molar-refractivity contribution in [1.29, 1.82) is 0 Å². The maximum atomic E-state index is 12.9. The van der Waals surface area contributed by atoms with Gasteiger partial charge in [-0.25, -0.2) is 0 Å². The fourth-order valence-electron chi connectivity index (χ4n) is 3.66. The standard InChI is InChI=1S/C27H25NO8/c1-31-17-9-11-20(23(13-17)33-3)28-25(29)15-35-18-8-10-19-22(14-18)36-24(26(19)30)12-16-6-5-7-21(32-2)27(16)34-4/h5-14H,15H2,1-4H3,(H,28,29). The molecule has 36 heavy (non-hydrogen) atoms. The van der Waals surface area contributed by atoms with Gasteiger partial charge in [0.1, 0.15) is 23.0 Å². The first-order valence-electron chi connectivity index (χ1n) is 10.9. The summed E-state index contributed by atoms with van der Waals surface area (Å²) in [6, 6.07) is 15.2. The number of methoxy groups -OCH3 is 4. The van der Waals surface area contributed by atoms with E-state index in [2.05, 4.69) is 5.32 Å². The van der Waals surface area contributed by atoms with Gasteiger partial charge in [0.25, 0.3) is 5.91 Å². The lowest BCUT2D eigenvalue weighted by Gasteiger charge is -2.12. The number of carbonyl (C=O) groups is 2. The topological polar surface area (TPSA) is 102 Å². The van der Waals surface area contributed by atoms with Crippen molar-refractivity contribution >= 4 is 23.5 Å². The van der Waals surface area contributed by atoms with Crippen molar-refractivity contribution in [1.82, 2.24) is 0 Å². The molecule has 3 aromatic rings. The van der Waals surface area contributed by atoms with Gasteiger partial charge in [-0.05, 0) is 36.4 Å². The highest BCUT2D eigenvalue weighted by Gasteiger charge is 2.28. The van der Waals surface area contributed by atoms with E-state index in [1.54, 1.807) is 67.8 Å². The number of Topliss-reactive ketones (excluding diaryl/α,β-unsaturated/α-hetero) is 1. The molecule has 0 atom stereocenters. The number of hydrogen-bond acceptors (Lipinski definition) is 8. The molecule has 0 fully saturated rings. The number of allylic oxidation sites excluding steroid dienone is 1. The molecule has 9 nitrogen and oxygen atoms in total. The van der Waals surface area contributed by atoms with E-state index in [0.29, 0.717) is 51.3 Å². The quantitative estimate of drug-likeness (QED) is 0.441. The van der Waals surface area contributed by atoms with Crippen LogP contribution in [0.25, 0.3) is 6.08 Å². The zero-order valence-electron chi connectivity index (χ0n) is 20.2. The molecular weight excluding hydrogens is 466 g/mol. The lowest BCUT2D eigenvalue weighted by Crippen LogP contribution is -2.20. The first-order chi connectivity index (χ1) is 17.5. The molecule has 0 saturated carbocycles. The Kier molecular flexibility index (Phi) is 7.29. The van der Waals surface area contributed by atoms with Crippen LogP contribution in [0.5, 0.6) is 34.5 Å². The van der Waals surface area contributed by atoms with Gasteiger partial charge in [-0.1, -0.05) is 12.1 Å². The Labute approximate surface area is 208 Å². The van der Waals surface area contributed by atoms with E-state index in [1.165, 1.54) is 21.3 Å². The van der Waals surface area contributed by atoms with Crippen LogP contribution in [0.1, 0.15) is 15.9 Å². The van der Waals surface area contributed by atoms with E-state index in [1.807, 2.05) is 0 Å². The summed E-state index contributed by atoms with van der Waals surface area (Å²) in [6.07, 6.45) is 1.60. The van der Waals surface area contributed by atoms with Crippen molar-refractivity contribution in [3.8, 4) is 34.5 Å². The van der Waals surface area contributed by atoms with Crippen LogP contribution < -0.4 is 33.7 Å². The van der Waals surface area contributed by atoms with Gasteiger partial charge in [0.15, 0.2) is 23.9 Å². The molecule has 3 aromatic carbocycles. The van der Waals surface area contributed by atoms with Crippen LogP contribution in [0, 0.1) is 0 Å². The second-order valence-electron chi connectivity index (χ2n) is 7.58. The second kappa shape index (κ2) is 10.7. The van der Waals surface area contributed by atoms with Gasteiger partial charge in [0, 0.05) is 17.7 Å². The molecule has 0 aliphatic carbocycles. The molecule has 0 unspecified atom stereocenters. The minimum Gasteiger partial charge on any atom is -0.497 e. The SMILES string of the molecule is COc1ccc(NC(=O)COc2ccc3c(c2)OC(=Cc2cccc(OC)c2OC)C3=O)c(OC)c1. The number of hydrogen-bond donors (Lipinski definition) is 1. The number of benzene rings is 3. The van der Waals surface area contributed by atoms with Crippen LogP contribution in [0.3, 0.4) is 0 Å². The molecule has 0 radical (unpaired) electrons. The predicted molar refractivity (Wildman–Crippen MR) is 133 cm³/mol. The van der Waals surface area contributed by atoms with Crippen molar-refractivity contribution < 1.29 is 38.0 Å². The van der Waals surface area contributed by atoms with Crippen LogP contribution in [-0.2, 0) is 4.79 Å². The van der Waals surface area contributed by atoms with E-state index in [9.17, 15) is 9.59 Å². The fourth-order valence-corrected chi connectivity index (χ4v) is 3.66. The minimum atomic E-state index is -0.387. The van der Waals surface area contributed by atoms with Crippen molar-refractivity contribution in [2.24, 2.45) is 0 Å². The molecule has 1 aliphatic heterocycles. The Balaban J connectivity index is 1.44. The van der Waals surface area contributed by atoms with Crippen LogP contribution in [0.2, 0.25) is 0 Å². The number of ketones is 1. The third-order valence-electron chi connectivity index (χ3n) is 5.41. The molecule has 1 amide bonds. The maximum Gasteiger partial charge on any atom is 0.262 e. The fraction of sp³-hybridized carbons (Fsp3) is 0.185. The van der Waals surface area contributed by atoms with Gasteiger partial charge < -0.3 is 33.7 Å². The Bertz CT molecular complexity index is 1330. The van der Waals surface area contributed by atoms with Crippen molar-refractivity contribution in [2.45, 2.75) is 0 Å². The zero-order valence-corrected chi connectivity index (χ0v) is 20.2. The largest absolute Gasteiger partial charge is 0.497 e. The normalized spacial score (nSPS) is 13.0. The molecule has 0 saturated heterocycles. The van der Waals surface area contributed by atoms with E-state index in [4.69, 9.17) is 28.4 Å². The van der Waals surface area contributed by atoms with Crippen LogP contribution in [0.15, 0.2) is 60.4 Å². The number of carbonyl (C=O) groups excluding carboxylic acids is 2. The summed E-state index contributed by atoms with van der Waals surface area (Å²) < 4.78 is 32.6. The highest BCUT2D eigenvalue weighted by Crippen LogP contribution is 2.37. The molecule has 0 aromatic heterocycles. The van der Waals surface area contributed by atoms with Gasteiger partial charge >= 0.3 is 0 Å². The van der Waals surface area contributed by atoms with Crippen LogP contribution in [0.4, 0.5) is 5.69 Å². The van der Waals surface area contributed by atoms with Gasteiger partial charge in [-0.3, -0.25) is 9.59 Å². The van der Waals surface area contributed by atoms with Gasteiger partial charge in [0.2, 0.25) is 5.78 Å². The monoisotopic (exact) mass is 491 g/mol. The molecule has 0 spiro atoms. The van der Waals surface area contributed by atoms with Crippen LogP contribution >= 0.6 is 0 Å². The Hall–Kier alpha value is -4.66. The zero-order chi connectivity index (χ0) is 25.7. The minimum absolute atomic E-state index is 0.137. The predicted octanol–water partition coefficient (Wildman–Crippen LogP) is 4.35. The number of rotatable bonds is 9. The summed E-state index contributed by atoms with van der Waals surface area (Å²) >= 11 is 0. The van der Waals surface area contributed by atoms with Crippen molar-refractivity contribution in [3.05, 3.63) is 71.5 Å². The molecule has 1 heterocycles. The number of ether oxygens (including phenoxy) is 6. The van der Waals surface area contributed by atoms with Crippen molar-refractivity contribution in [2.75, 3.05) is 40.4 Å². The third-order valence-corrected chi connectivity index (χ3v) is 5.41. The summed E-state index contributed by atoms with van der Waals surface area (Å²) in [4.78, 5) is 25.3. The smallest absolute Gasteiger partial charge is 0.262 e. The van der Waals surface area contributed by atoms with Crippen LogP contribution in [-0.4, -0.2) is 46.7 Å². The highest BCUT2D eigenvalue weighted by molar-refractivity contribution is 6.14. The van der Waals surface area contributed by atoms with E-state index in [-0.39, 0.29) is 24.1 Å². The Morgan fingerprint density at radius 2 is 1.67 bits per heavy atom. The number of para-hydroxylation sites is 1. The van der Waals surface area contributed by atoms with Crippen molar-refractivity contribution in [3.63, 3.8) is 0 Å². The Morgan fingerprint density at radius 3 is 2.39 bits per heavy atom. The number of anilines is 1. The van der Waals surface area contributed by atoms with Gasteiger partial charge in [0.05, 0.1) is 39.7 Å². The second-order valence-corrected chi connectivity index (χ2v) is 7.58. The average molecular weight is 491 g/mol. The van der Waals surface area contributed by atoms with E-state index in [0.717, 1.165) is 0 Å². The molecule has 186 valence electrons. The number of fused-ring (bicyclic) bond motifs is 1. The lowest BCUT2D eigenvalue weighted by molar-refractivity contribution is -0.118. The number of amides is 1. The average Bonchev–Trinajstić information content (AvgIpc) is 3.21. The van der Waals surface area contributed by atoms with Gasteiger partial charge in [-0.15, -0.1) is 0 Å². The summed E-state index contributed by atoms with van der Waals surface area (Å²) in [5.74, 6) is 2.28. The Morgan fingerprint density at radius 1 is 0.889 bits per heavy atom. The maximum absolute atomic E-state index is 12.9. The summed E-state index contributed by atoms with van der Waals surface area (Å²) in [7, 11) is 6.11. The van der Waals surface area contributed by atoms with Gasteiger partial charge in [-0.2, -0.15) is 0 Å². The highest BCUT2D eigenvalue weighted by atomic mass is 16.5. The lowest BCUT2D eigenvalue weighted by atomic mass is 10.1. The summed E-state index contributed by atoms with van der Waals surface area (Å²) in [5, 5.41) is 2.74. The molecule has 9 heteroatoms.